The number of urea groups is 1. The van der Waals surface area contributed by atoms with Crippen LogP contribution in [-0.2, 0) is 11.3 Å². The molecular formula is C17H23N5O2. The number of nitrogens with one attached hydrogen (secondary N) is 1. The standard InChI is InChI=1S/C17H23N5O2/c1-3-17(2)12-21(9-10-24-17)16(23)20-11-14-5-4-6-19-15(14)22-8-7-18-13-22/h4-8,13H,3,9-12H2,1-2H3,(H,20,23)/t17-/m1/s1. The average molecular weight is 329 g/mol. The van der Waals surface area contributed by atoms with Crippen molar-refractivity contribution < 1.29 is 9.53 Å². The minimum atomic E-state index is -0.258. The number of ether oxygens (including phenoxy) is 1. The van der Waals surface area contributed by atoms with E-state index in [4.69, 9.17) is 4.74 Å². The number of carbonyl (C=O) groups excluding carboxylic acids is 1. The van der Waals surface area contributed by atoms with Crippen LogP contribution in [0.2, 0.25) is 0 Å². The summed E-state index contributed by atoms with van der Waals surface area (Å²) in [6.45, 7) is 6.34. The van der Waals surface area contributed by atoms with Gasteiger partial charge in [0.15, 0.2) is 0 Å². The van der Waals surface area contributed by atoms with Crippen LogP contribution in [-0.4, -0.2) is 50.8 Å². The largest absolute Gasteiger partial charge is 0.372 e. The van der Waals surface area contributed by atoms with Gasteiger partial charge in [0, 0.05) is 37.2 Å². The van der Waals surface area contributed by atoms with E-state index in [-0.39, 0.29) is 11.6 Å². The number of rotatable bonds is 4. The van der Waals surface area contributed by atoms with Gasteiger partial charge in [-0.1, -0.05) is 13.0 Å². The fourth-order valence-corrected chi connectivity index (χ4v) is 2.79. The molecular weight excluding hydrogens is 306 g/mol. The Morgan fingerprint density at radius 1 is 1.46 bits per heavy atom. The molecule has 7 nitrogen and oxygen atoms in total. The van der Waals surface area contributed by atoms with Gasteiger partial charge in [-0.2, -0.15) is 0 Å². The highest BCUT2D eigenvalue weighted by atomic mass is 16.5. The molecule has 1 aliphatic rings. The van der Waals surface area contributed by atoms with E-state index in [9.17, 15) is 4.79 Å². The summed E-state index contributed by atoms with van der Waals surface area (Å²) in [5.74, 6) is 0.774. The number of aromatic nitrogens is 3. The molecule has 1 saturated heterocycles. The minimum Gasteiger partial charge on any atom is -0.372 e. The van der Waals surface area contributed by atoms with Gasteiger partial charge >= 0.3 is 6.03 Å². The number of nitrogens with zero attached hydrogens (tertiary/aromatic N) is 4. The van der Waals surface area contributed by atoms with Crippen molar-refractivity contribution in [2.75, 3.05) is 19.7 Å². The Morgan fingerprint density at radius 2 is 2.33 bits per heavy atom. The summed E-state index contributed by atoms with van der Waals surface area (Å²) in [6, 6.07) is 3.75. The van der Waals surface area contributed by atoms with E-state index < -0.39 is 0 Å². The van der Waals surface area contributed by atoms with Gasteiger partial charge in [-0.3, -0.25) is 4.57 Å². The van der Waals surface area contributed by atoms with Crippen LogP contribution < -0.4 is 5.32 Å². The Bertz CT molecular complexity index is 688. The SMILES string of the molecule is CC[C@]1(C)CN(C(=O)NCc2cccnc2-n2ccnc2)CCO1. The maximum Gasteiger partial charge on any atom is 0.317 e. The zero-order valence-electron chi connectivity index (χ0n) is 14.1. The zero-order chi connectivity index (χ0) is 17.0. The smallest absolute Gasteiger partial charge is 0.317 e. The van der Waals surface area contributed by atoms with Crippen molar-refractivity contribution in [2.24, 2.45) is 0 Å². The zero-order valence-corrected chi connectivity index (χ0v) is 14.1. The van der Waals surface area contributed by atoms with E-state index in [1.165, 1.54) is 0 Å². The molecule has 3 rings (SSSR count). The van der Waals surface area contributed by atoms with Crippen molar-refractivity contribution in [2.45, 2.75) is 32.4 Å². The van der Waals surface area contributed by atoms with Gasteiger partial charge in [0.05, 0.1) is 18.8 Å². The summed E-state index contributed by atoms with van der Waals surface area (Å²) in [5, 5.41) is 2.99. The molecule has 2 aromatic heterocycles. The molecule has 2 amide bonds. The Balaban J connectivity index is 1.65. The molecule has 0 bridgehead atoms. The van der Waals surface area contributed by atoms with Crippen LogP contribution in [0.5, 0.6) is 0 Å². The summed E-state index contributed by atoms with van der Waals surface area (Å²) in [6.07, 6.45) is 7.85. The fraction of sp³-hybridized carbons (Fsp3) is 0.471. The van der Waals surface area contributed by atoms with Crippen LogP contribution in [0.4, 0.5) is 4.79 Å². The van der Waals surface area contributed by atoms with Crippen LogP contribution in [0.1, 0.15) is 25.8 Å². The molecule has 0 aromatic carbocycles. The molecule has 0 radical (unpaired) electrons. The predicted molar refractivity (Wildman–Crippen MR) is 89.8 cm³/mol. The van der Waals surface area contributed by atoms with Gasteiger partial charge < -0.3 is 15.0 Å². The summed E-state index contributed by atoms with van der Waals surface area (Å²) in [4.78, 5) is 22.7. The summed E-state index contributed by atoms with van der Waals surface area (Å²) in [7, 11) is 0. The van der Waals surface area contributed by atoms with Gasteiger partial charge in [0.2, 0.25) is 0 Å². The van der Waals surface area contributed by atoms with Crippen LogP contribution >= 0.6 is 0 Å². The van der Waals surface area contributed by atoms with Gasteiger partial charge in [-0.15, -0.1) is 0 Å². The first-order valence-corrected chi connectivity index (χ1v) is 8.20. The van der Waals surface area contributed by atoms with Crippen LogP contribution in [0, 0.1) is 0 Å². The number of hydrogen-bond donors (Lipinski definition) is 1. The third-order valence-electron chi connectivity index (χ3n) is 4.42. The number of morpholine rings is 1. The number of amides is 2. The summed E-state index contributed by atoms with van der Waals surface area (Å²) >= 11 is 0. The van der Waals surface area contributed by atoms with Crippen molar-refractivity contribution in [1.29, 1.82) is 0 Å². The molecule has 0 aliphatic carbocycles. The highest BCUT2D eigenvalue weighted by Crippen LogP contribution is 2.21. The first-order chi connectivity index (χ1) is 11.6. The van der Waals surface area contributed by atoms with Crippen molar-refractivity contribution in [3.8, 4) is 5.82 Å². The number of pyridine rings is 1. The summed E-state index contributed by atoms with van der Waals surface area (Å²) < 4.78 is 7.62. The lowest BCUT2D eigenvalue weighted by molar-refractivity contribution is -0.0872. The first kappa shape index (κ1) is 16.4. The van der Waals surface area contributed by atoms with Crippen molar-refractivity contribution >= 4 is 6.03 Å². The second-order valence-electron chi connectivity index (χ2n) is 6.19. The van der Waals surface area contributed by atoms with E-state index in [2.05, 4.69) is 22.2 Å². The van der Waals surface area contributed by atoms with Gasteiger partial charge in [-0.25, -0.2) is 14.8 Å². The van der Waals surface area contributed by atoms with Crippen molar-refractivity contribution in [3.05, 3.63) is 42.6 Å². The second kappa shape index (κ2) is 7.00. The molecule has 2 aromatic rings. The molecule has 128 valence electrons. The fourth-order valence-electron chi connectivity index (χ4n) is 2.79. The Morgan fingerprint density at radius 3 is 3.08 bits per heavy atom. The predicted octanol–water partition coefficient (Wildman–Crippen LogP) is 1.98. The average Bonchev–Trinajstić information content (AvgIpc) is 3.14. The quantitative estimate of drug-likeness (QED) is 0.931. The normalized spacial score (nSPS) is 20.8. The highest BCUT2D eigenvalue weighted by molar-refractivity contribution is 5.74. The van der Waals surface area contributed by atoms with Crippen LogP contribution in [0.15, 0.2) is 37.1 Å². The highest BCUT2D eigenvalue weighted by Gasteiger charge is 2.32. The van der Waals surface area contributed by atoms with Crippen molar-refractivity contribution in [1.82, 2.24) is 24.8 Å². The Kier molecular flexibility index (Phi) is 4.80. The molecule has 0 unspecified atom stereocenters. The Hall–Kier alpha value is -2.41. The monoisotopic (exact) mass is 329 g/mol. The topological polar surface area (TPSA) is 72.3 Å². The first-order valence-electron chi connectivity index (χ1n) is 8.20. The van der Waals surface area contributed by atoms with E-state index in [1.807, 2.05) is 34.7 Å². The van der Waals surface area contributed by atoms with Gasteiger partial charge in [-0.05, 0) is 19.4 Å². The molecule has 1 atom stereocenters. The van der Waals surface area contributed by atoms with Crippen molar-refractivity contribution in [3.63, 3.8) is 0 Å². The van der Waals surface area contributed by atoms with E-state index in [0.29, 0.717) is 26.2 Å². The minimum absolute atomic E-state index is 0.0709. The van der Waals surface area contributed by atoms with Gasteiger partial charge in [0.25, 0.3) is 0 Å². The van der Waals surface area contributed by atoms with Crippen LogP contribution in [0.25, 0.3) is 5.82 Å². The lowest BCUT2D eigenvalue weighted by Crippen LogP contribution is -2.54. The van der Waals surface area contributed by atoms with E-state index in [0.717, 1.165) is 17.8 Å². The van der Waals surface area contributed by atoms with E-state index >= 15 is 0 Å². The second-order valence-corrected chi connectivity index (χ2v) is 6.19. The maximum absolute atomic E-state index is 12.5. The molecule has 1 aliphatic heterocycles. The van der Waals surface area contributed by atoms with Gasteiger partial charge in [0.1, 0.15) is 12.1 Å². The molecule has 0 spiro atoms. The maximum atomic E-state index is 12.5. The number of carbonyl (C=O) groups is 1. The molecule has 24 heavy (non-hydrogen) atoms. The molecule has 1 N–H and O–H groups in total. The molecule has 7 heteroatoms. The number of imidazole rings is 1. The Labute approximate surface area is 141 Å². The lowest BCUT2D eigenvalue weighted by Gasteiger charge is -2.39. The molecule has 3 heterocycles. The molecule has 0 saturated carbocycles. The lowest BCUT2D eigenvalue weighted by atomic mass is 10.0. The molecule has 1 fully saturated rings. The van der Waals surface area contributed by atoms with Crippen LogP contribution in [0.3, 0.4) is 0 Å². The third-order valence-corrected chi connectivity index (χ3v) is 4.42. The van der Waals surface area contributed by atoms with E-state index in [1.54, 1.807) is 18.7 Å². The third kappa shape index (κ3) is 3.56. The summed E-state index contributed by atoms with van der Waals surface area (Å²) in [5.41, 5.74) is 0.682. The number of hydrogen-bond acceptors (Lipinski definition) is 4.